The number of hydrogen-bond donors (Lipinski definition) is 2. The van der Waals surface area contributed by atoms with Crippen molar-refractivity contribution in [3.63, 3.8) is 0 Å². The number of nitrogens with one attached hydrogen (secondary N) is 2. The van der Waals surface area contributed by atoms with Gasteiger partial charge in [0.2, 0.25) is 6.79 Å². The summed E-state index contributed by atoms with van der Waals surface area (Å²) in [7, 11) is 0. The molecular weight excluding hydrogens is 372 g/mol. The number of amides is 1. The van der Waals surface area contributed by atoms with Gasteiger partial charge in [-0.05, 0) is 30.3 Å². The van der Waals surface area contributed by atoms with E-state index in [4.69, 9.17) is 18.9 Å². The number of anilines is 1. The highest BCUT2D eigenvalue weighted by Gasteiger charge is 2.32. The minimum atomic E-state index is 0.000101. The van der Waals surface area contributed by atoms with Crippen molar-refractivity contribution >= 4 is 11.6 Å². The van der Waals surface area contributed by atoms with Gasteiger partial charge in [-0.3, -0.25) is 4.79 Å². The Kier molecular flexibility index (Phi) is 4.89. The second-order valence-corrected chi connectivity index (χ2v) is 7.65. The minimum absolute atomic E-state index is 0.000101. The Morgan fingerprint density at radius 2 is 1.69 bits per heavy atom. The largest absolute Gasteiger partial charge is 0.490 e. The first kappa shape index (κ1) is 18.1. The van der Waals surface area contributed by atoms with Crippen LogP contribution in [-0.2, 0) is 4.79 Å². The summed E-state index contributed by atoms with van der Waals surface area (Å²) in [4.78, 5) is 14.0. The van der Waals surface area contributed by atoms with E-state index in [0.29, 0.717) is 31.3 Å². The molecule has 1 fully saturated rings. The zero-order valence-corrected chi connectivity index (χ0v) is 16.2. The fraction of sp³-hybridized carbons (Fsp3) is 0.409. The number of benzene rings is 2. The number of likely N-dealkylation sites (tertiary alicyclic amines) is 1. The lowest BCUT2D eigenvalue weighted by atomic mass is 10.0. The van der Waals surface area contributed by atoms with Crippen molar-refractivity contribution in [3.05, 3.63) is 42.0 Å². The van der Waals surface area contributed by atoms with Crippen LogP contribution in [0.5, 0.6) is 23.0 Å². The monoisotopic (exact) mass is 397 g/mol. The molecule has 3 aliphatic heterocycles. The number of fused-ring (bicyclic) bond motifs is 2. The van der Waals surface area contributed by atoms with Crippen molar-refractivity contribution in [2.75, 3.05) is 38.4 Å². The number of rotatable bonds is 4. The third-order valence-electron chi connectivity index (χ3n) is 5.70. The smallest absolute Gasteiger partial charge is 0.279 e. The van der Waals surface area contributed by atoms with Crippen LogP contribution in [-0.4, -0.2) is 39.0 Å². The van der Waals surface area contributed by atoms with E-state index in [0.717, 1.165) is 43.0 Å². The molecule has 0 saturated carbocycles. The van der Waals surface area contributed by atoms with Gasteiger partial charge in [-0.2, -0.15) is 0 Å². The first-order chi connectivity index (χ1) is 14.3. The number of hydrogen-bond acceptors (Lipinski definition) is 5. The van der Waals surface area contributed by atoms with E-state index in [2.05, 4.69) is 17.4 Å². The van der Waals surface area contributed by atoms with Crippen molar-refractivity contribution in [2.45, 2.75) is 25.3 Å². The standard InChI is InChI=1S/C22H24N2O5/c25-22(23-16-5-7-19-21(12-16)29-14-28-19)13-24-8-1-3-17(24)15-4-6-18-20(11-15)27-10-2-9-26-18/h4-7,11-12,17H,1-3,8-10,13-14H2,(H,23,25)/p+1/t17-/m1/s1. The van der Waals surface area contributed by atoms with Gasteiger partial charge >= 0.3 is 0 Å². The molecule has 1 amide bonds. The highest BCUT2D eigenvalue weighted by molar-refractivity contribution is 5.91. The fourth-order valence-corrected chi connectivity index (χ4v) is 4.31. The van der Waals surface area contributed by atoms with Crippen molar-refractivity contribution in [1.82, 2.24) is 0 Å². The number of ether oxygens (including phenoxy) is 4. The normalized spacial score (nSPS) is 22.2. The molecule has 1 unspecified atom stereocenters. The van der Waals surface area contributed by atoms with Crippen molar-refractivity contribution in [2.24, 2.45) is 0 Å². The summed E-state index contributed by atoms with van der Waals surface area (Å²) in [6, 6.07) is 12.0. The third kappa shape index (κ3) is 3.82. The Hall–Kier alpha value is -2.93. The van der Waals surface area contributed by atoms with Gasteiger partial charge in [0, 0.05) is 36.6 Å². The van der Waals surface area contributed by atoms with Gasteiger partial charge in [0.1, 0.15) is 6.04 Å². The second kappa shape index (κ2) is 7.83. The Morgan fingerprint density at radius 1 is 0.931 bits per heavy atom. The van der Waals surface area contributed by atoms with Crippen molar-refractivity contribution < 1.29 is 28.6 Å². The van der Waals surface area contributed by atoms with E-state index in [1.54, 1.807) is 6.07 Å². The van der Waals surface area contributed by atoms with Crippen LogP contribution in [0.4, 0.5) is 5.69 Å². The van der Waals surface area contributed by atoms with Crippen LogP contribution < -0.4 is 29.2 Å². The average Bonchev–Trinajstić information content (AvgIpc) is 3.31. The number of quaternary nitrogens is 1. The predicted molar refractivity (Wildman–Crippen MR) is 106 cm³/mol. The lowest BCUT2D eigenvalue weighted by Crippen LogP contribution is -3.11. The molecule has 3 aliphatic rings. The van der Waals surface area contributed by atoms with Gasteiger partial charge in [-0.1, -0.05) is 0 Å². The molecule has 7 heteroatoms. The third-order valence-corrected chi connectivity index (χ3v) is 5.70. The van der Waals surface area contributed by atoms with Crippen molar-refractivity contribution in [1.29, 1.82) is 0 Å². The first-order valence-electron chi connectivity index (χ1n) is 10.2. The first-order valence-corrected chi connectivity index (χ1v) is 10.2. The SMILES string of the molecule is O=C(C[NH+]1CCC[C@@H]1c1ccc2c(c1)OCCCO2)Nc1ccc2c(c1)OCO2. The summed E-state index contributed by atoms with van der Waals surface area (Å²) in [6.45, 7) is 2.99. The predicted octanol–water partition coefficient (Wildman–Crippen LogP) is 1.94. The molecule has 3 heterocycles. The molecule has 1 saturated heterocycles. The van der Waals surface area contributed by atoms with Crippen LogP contribution in [0, 0.1) is 0 Å². The highest BCUT2D eigenvalue weighted by Crippen LogP contribution is 2.35. The molecular formula is C22H25N2O5+. The van der Waals surface area contributed by atoms with E-state index >= 15 is 0 Å². The van der Waals surface area contributed by atoms with Crippen LogP contribution in [0.1, 0.15) is 30.9 Å². The highest BCUT2D eigenvalue weighted by atomic mass is 16.7. The van der Waals surface area contributed by atoms with Crippen LogP contribution in [0.25, 0.3) is 0 Å². The number of carbonyl (C=O) groups is 1. The molecule has 2 N–H and O–H groups in total. The van der Waals surface area contributed by atoms with Gasteiger partial charge in [-0.15, -0.1) is 0 Å². The maximum absolute atomic E-state index is 12.7. The van der Waals surface area contributed by atoms with E-state index in [9.17, 15) is 4.79 Å². The molecule has 0 aliphatic carbocycles. The molecule has 7 nitrogen and oxygen atoms in total. The molecule has 2 atom stereocenters. The summed E-state index contributed by atoms with van der Waals surface area (Å²) in [5, 5.41) is 2.99. The summed E-state index contributed by atoms with van der Waals surface area (Å²) in [5.41, 5.74) is 1.93. The molecule has 0 spiro atoms. The van der Waals surface area contributed by atoms with Crippen LogP contribution in [0.2, 0.25) is 0 Å². The van der Waals surface area contributed by atoms with Crippen LogP contribution in [0.3, 0.4) is 0 Å². The second-order valence-electron chi connectivity index (χ2n) is 7.65. The lowest BCUT2D eigenvalue weighted by Gasteiger charge is -2.22. The average molecular weight is 397 g/mol. The summed E-state index contributed by atoms with van der Waals surface area (Å²) >= 11 is 0. The minimum Gasteiger partial charge on any atom is -0.490 e. The maximum atomic E-state index is 12.7. The van der Waals surface area contributed by atoms with Gasteiger partial charge in [0.15, 0.2) is 29.5 Å². The van der Waals surface area contributed by atoms with Gasteiger partial charge in [0.05, 0.1) is 19.8 Å². The van der Waals surface area contributed by atoms with E-state index < -0.39 is 0 Å². The Bertz CT molecular complexity index is 916. The topological polar surface area (TPSA) is 70.5 Å². The molecule has 5 rings (SSSR count). The maximum Gasteiger partial charge on any atom is 0.279 e. The Morgan fingerprint density at radius 3 is 2.62 bits per heavy atom. The lowest BCUT2D eigenvalue weighted by molar-refractivity contribution is -0.910. The Balaban J connectivity index is 1.26. The van der Waals surface area contributed by atoms with Gasteiger partial charge in [0.25, 0.3) is 5.91 Å². The quantitative estimate of drug-likeness (QED) is 0.825. The number of carbonyl (C=O) groups excluding carboxylic acids is 1. The van der Waals surface area contributed by atoms with E-state index in [1.165, 1.54) is 10.5 Å². The molecule has 2 aromatic carbocycles. The Labute approximate surface area is 169 Å². The molecule has 29 heavy (non-hydrogen) atoms. The molecule has 0 bridgehead atoms. The fourth-order valence-electron chi connectivity index (χ4n) is 4.31. The van der Waals surface area contributed by atoms with E-state index in [1.807, 2.05) is 18.2 Å². The van der Waals surface area contributed by atoms with Crippen molar-refractivity contribution in [3.8, 4) is 23.0 Å². The van der Waals surface area contributed by atoms with Crippen LogP contribution >= 0.6 is 0 Å². The summed E-state index contributed by atoms with van der Waals surface area (Å²) < 4.78 is 22.3. The van der Waals surface area contributed by atoms with Crippen LogP contribution in [0.15, 0.2) is 36.4 Å². The molecule has 152 valence electrons. The van der Waals surface area contributed by atoms with E-state index in [-0.39, 0.29) is 18.7 Å². The zero-order valence-electron chi connectivity index (χ0n) is 16.2. The zero-order chi connectivity index (χ0) is 19.6. The van der Waals surface area contributed by atoms with Gasteiger partial charge < -0.3 is 29.2 Å². The summed E-state index contributed by atoms with van der Waals surface area (Å²) in [5.74, 6) is 3.01. The molecule has 0 radical (unpaired) electrons. The summed E-state index contributed by atoms with van der Waals surface area (Å²) in [6.07, 6.45) is 3.06. The van der Waals surface area contributed by atoms with Gasteiger partial charge in [-0.25, -0.2) is 0 Å². The molecule has 2 aromatic rings. The molecule has 0 aromatic heterocycles.